The Balaban J connectivity index is 2.11. The summed E-state index contributed by atoms with van der Waals surface area (Å²) >= 11 is 3.38. The van der Waals surface area contributed by atoms with E-state index in [4.69, 9.17) is 10.9 Å². The second kappa shape index (κ2) is 6.13. The van der Waals surface area contributed by atoms with Gasteiger partial charge in [0.15, 0.2) is 5.84 Å². The number of amidine groups is 1. The SMILES string of the molecule is N/C(=N/O)c1ccc(N2CCC(C(F)(F)F)CC2)c(Br)c1. The van der Waals surface area contributed by atoms with Crippen LogP contribution < -0.4 is 10.6 Å². The monoisotopic (exact) mass is 365 g/mol. The Morgan fingerprint density at radius 2 is 1.95 bits per heavy atom. The Hall–Kier alpha value is -1.44. The van der Waals surface area contributed by atoms with Gasteiger partial charge >= 0.3 is 6.18 Å². The van der Waals surface area contributed by atoms with E-state index < -0.39 is 12.1 Å². The summed E-state index contributed by atoms with van der Waals surface area (Å²) in [6, 6.07) is 5.11. The maximum atomic E-state index is 12.7. The predicted molar refractivity (Wildman–Crippen MR) is 77.6 cm³/mol. The van der Waals surface area contributed by atoms with Crippen molar-refractivity contribution in [3.63, 3.8) is 0 Å². The molecule has 0 atom stereocenters. The van der Waals surface area contributed by atoms with E-state index in [0.29, 0.717) is 23.1 Å². The highest BCUT2D eigenvalue weighted by Crippen LogP contribution is 2.37. The zero-order valence-corrected chi connectivity index (χ0v) is 12.7. The fourth-order valence-electron chi connectivity index (χ4n) is 2.43. The maximum absolute atomic E-state index is 12.7. The largest absolute Gasteiger partial charge is 0.409 e. The molecule has 3 N–H and O–H groups in total. The van der Waals surface area contributed by atoms with Crippen molar-refractivity contribution in [2.24, 2.45) is 16.8 Å². The molecule has 1 aromatic carbocycles. The number of alkyl halides is 3. The van der Waals surface area contributed by atoms with Gasteiger partial charge in [-0.3, -0.25) is 0 Å². The molecule has 0 bridgehead atoms. The molecule has 0 aromatic heterocycles. The Morgan fingerprint density at radius 1 is 1.33 bits per heavy atom. The zero-order chi connectivity index (χ0) is 15.6. The summed E-state index contributed by atoms with van der Waals surface area (Å²) in [5, 5.41) is 11.5. The van der Waals surface area contributed by atoms with Crippen molar-refractivity contribution >= 4 is 27.5 Å². The van der Waals surface area contributed by atoms with Gasteiger partial charge in [-0.05, 0) is 47.0 Å². The highest BCUT2D eigenvalue weighted by molar-refractivity contribution is 9.10. The van der Waals surface area contributed by atoms with E-state index in [-0.39, 0.29) is 18.7 Å². The number of rotatable bonds is 2. The van der Waals surface area contributed by atoms with E-state index in [9.17, 15) is 13.2 Å². The van der Waals surface area contributed by atoms with Crippen LogP contribution in [0.1, 0.15) is 18.4 Å². The van der Waals surface area contributed by atoms with Crippen LogP contribution in [0.15, 0.2) is 27.8 Å². The third-order valence-corrected chi connectivity index (χ3v) is 4.28. The molecule has 1 fully saturated rings. The molecule has 0 radical (unpaired) electrons. The molecule has 1 heterocycles. The number of piperidine rings is 1. The minimum atomic E-state index is -4.11. The molecule has 1 aromatic rings. The van der Waals surface area contributed by atoms with Crippen LogP contribution in [0.25, 0.3) is 0 Å². The first-order valence-corrected chi connectivity index (χ1v) is 7.21. The Labute approximate surface area is 128 Å². The molecule has 21 heavy (non-hydrogen) atoms. The summed E-state index contributed by atoms with van der Waals surface area (Å²) in [5.41, 5.74) is 6.85. The predicted octanol–water partition coefficient (Wildman–Crippen LogP) is 3.32. The average molecular weight is 366 g/mol. The molecule has 0 unspecified atom stereocenters. The van der Waals surface area contributed by atoms with Gasteiger partial charge in [-0.1, -0.05) is 5.16 Å². The molecule has 0 amide bonds. The lowest BCUT2D eigenvalue weighted by Gasteiger charge is -2.35. The summed E-state index contributed by atoms with van der Waals surface area (Å²) in [5.74, 6) is -1.23. The summed E-state index contributed by atoms with van der Waals surface area (Å²) < 4.78 is 38.7. The highest BCUT2D eigenvalue weighted by atomic mass is 79.9. The van der Waals surface area contributed by atoms with Gasteiger partial charge in [-0.15, -0.1) is 0 Å². The van der Waals surface area contributed by atoms with E-state index in [1.807, 2.05) is 4.90 Å². The van der Waals surface area contributed by atoms with Crippen molar-refractivity contribution in [1.29, 1.82) is 0 Å². The van der Waals surface area contributed by atoms with E-state index in [1.165, 1.54) is 0 Å². The quantitative estimate of drug-likeness (QED) is 0.365. The van der Waals surface area contributed by atoms with Crippen LogP contribution in [-0.4, -0.2) is 30.3 Å². The van der Waals surface area contributed by atoms with Crippen LogP contribution in [0.2, 0.25) is 0 Å². The van der Waals surface area contributed by atoms with Gasteiger partial charge in [0.2, 0.25) is 0 Å². The number of nitrogens with two attached hydrogens (primary N) is 1. The lowest BCUT2D eigenvalue weighted by molar-refractivity contribution is -0.179. The van der Waals surface area contributed by atoms with Crippen LogP contribution in [0.5, 0.6) is 0 Å². The standard InChI is InChI=1S/C13H15BrF3N3O/c14-10-7-8(12(18)19-21)1-2-11(10)20-5-3-9(4-6-20)13(15,16)17/h1-2,7,9,21H,3-6H2,(H2,18,19). The number of anilines is 1. The van der Waals surface area contributed by atoms with Crippen molar-refractivity contribution in [3.05, 3.63) is 28.2 Å². The molecule has 8 heteroatoms. The number of nitrogens with zero attached hydrogens (tertiary/aromatic N) is 2. The summed E-state index contributed by atoms with van der Waals surface area (Å²) in [6.45, 7) is 0.706. The summed E-state index contributed by atoms with van der Waals surface area (Å²) in [6.07, 6.45) is -3.92. The summed E-state index contributed by atoms with van der Waals surface area (Å²) in [7, 11) is 0. The van der Waals surface area contributed by atoms with Crippen LogP contribution in [0, 0.1) is 5.92 Å². The molecule has 2 rings (SSSR count). The molecule has 0 aliphatic carbocycles. The number of halogens is 4. The second-order valence-electron chi connectivity index (χ2n) is 4.95. The van der Waals surface area contributed by atoms with Crippen molar-refractivity contribution in [1.82, 2.24) is 0 Å². The van der Waals surface area contributed by atoms with Crippen molar-refractivity contribution in [2.75, 3.05) is 18.0 Å². The van der Waals surface area contributed by atoms with Gasteiger partial charge in [-0.25, -0.2) is 0 Å². The first kappa shape index (κ1) is 15.9. The third kappa shape index (κ3) is 3.61. The minimum absolute atomic E-state index is 0.0157. The normalized spacial score (nSPS) is 18.1. The molecular weight excluding hydrogens is 351 g/mol. The van der Waals surface area contributed by atoms with Crippen LogP contribution in [0.4, 0.5) is 18.9 Å². The Bertz CT molecular complexity index is 540. The van der Waals surface area contributed by atoms with Crippen molar-refractivity contribution < 1.29 is 18.4 Å². The van der Waals surface area contributed by atoms with E-state index >= 15 is 0 Å². The highest BCUT2D eigenvalue weighted by Gasteiger charge is 2.41. The fraction of sp³-hybridized carbons (Fsp3) is 0.462. The van der Waals surface area contributed by atoms with Crippen LogP contribution in [-0.2, 0) is 0 Å². The molecule has 1 aliphatic heterocycles. The fourth-order valence-corrected chi connectivity index (χ4v) is 3.06. The van der Waals surface area contributed by atoms with Gasteiger partial charge in [-0.2, -0.15) is 13.2 Å². The smallest absolute Gasteiger partial charge is 0.391 e. The maximum Gasteiger partial charge on any atom is 0.391 e. The second-order valence-corrected chi connectivity index (χ2v) is 5.81. The van der Waals surface area contributed by atoms with E-state index in [1.54, 1.807) is 18.2 Å². The number of hydrogen-bond acceptors (Lipinski definition) is 3. The number of hydrogen-bond donors (Lipinski definition) is 2. The molecule has 1 aliphatic rings. The molecule has 0 saturated carbocycles. The summed E-state index contributed by atoms with van der Waals surface area (Å²) in [4.78, 5) is 1.91. The Morgan fingerprint density at radius 3 is 2.43 bits per heavy atom. The zero-order valence-electron chi connectivity index (χ0n) is 11.1. The first-order valence-electron chi connectivity index (χ1n) is 6.42. The molecule has 116 valence electrons. The van der Waals surface area contributed by atoms with Crippen molar-refractivity contribution in [3.8, 4) is 0 Å². The van der Waals surface area contributed by atoms with E-state index in [2.05, 4.69) is 21.1 Å². The lowest BCUT2D eigenvalue weighted by atomic mass is 9.96. The van der Waals surface area contributed by atoms with Gasteiger partial charge in [0.1, 0.15) is 0 Å². The van der Waals surface area contributed by atoms with Gasteiger partial charge < -0.3 is 15.8 Å². The molecule has 1 saturated heterocycles. The number of oxime groups is 1. The van der Waals surface area contributed by atoms with Gasteiger partial charge in [0, 0.05) is 23.1 Å². The Kier molecular flexibility index (Phi) is 4.65. The van der Waals surface area contributed by atoms with E-state index in [0.717, 1.165) is 5.69 Å². The first-order chi connectivity index (χ1) is 9.82. The average Bonchev–Trinajstić information content (AvgIpc) is 2.45. The van der Waals surface area contributed by atoms with Crippen molar-refractivity contribution in [2.45, 2.75) is 19.0 Å². The van der Waals surface area contributed by atoms with Gasteiger partial charge in [0.25, 0.3) is 0 Å². The molecule has 4 nitrogen and oxygen atoms in total. The third-order valence-electron chi connectivity index (χ3n) is 3.65. The topological polar surface area (TPSA) is 61.9 Å². The minimum Gasteiger partial charge on any atom is -0.409 e. The van der Waals surface area contributed by atoms with Crippen LogP contribution in [0.3, 0.4) is 0 Å². The lowest BCUT2D eigenvalue weighted by Crippen LogP contribution is -2.39. The molecule has 0 spiro atoms. The number of benzene rings is 1. The van der Waals surface area contributed by atoms with Crippen LogP contribution >= 0.6 is 15.9 Å². The van der Waals surface area contributed by atoms with Gasteiger partial charge in [0.05, 0.1) is 11.6 Å². The molecular formula is C13H15BrF3N3O.